The Morgan fingerprint density at radius 1 is 1.00 bits per heavy atom. The summed E-state index contributed by atoms with van der Waals surface area (Å²) >= 11 is 0. The summed E-state index contributed by atoms with van der Waals surface area (Å²) in [7, 11) is 0. The zero-order chi connectivity index (χ0) is 14.2. The Kier molecular flexibility index (Phi) is 12.2. The van der Waals surface area contributed by atoms with Crippen LogP contribution >= 0.6 is 0 Å². The van der Waals surface area contributed by atoms with Gasteiger partial charge in [0.2, 0.25) is 0 Å². The number of hydrogen-bond donors (Lipinski definition) is 0. The van der Waals surface area contributed by atoms with Crippen LogP contribution in [-0.2, 0) is 41.0 Å². The molecular formula is C14H28O4Ti. The van der Waals surface area contributed by atoms with Crippen molar-refractivity contribution in [3.05, 3.63) is 0 Å². The molecule has 0 fully saturated rings. The predicted octanol–water partition coefficient (Wildman–Crippen LogP) is 3.35. The summed E-state index contributed by atoms with van der Waals surface area (Å²) in [6, 6.07) is 0. The minimum Gasteiger partial charge on any atom is -0.363 e. The molecule has 0 heterocycles. The van der Waals surface area contributed by atoms with Crippen molar-refractivity contribution in [2.24, 2.45) is 11.8 Å². The molecule has 0 aliphatic heterocycles. The molecule has 0 aromatic heterocycles. The molecule has 0 aliphatic carbocycles. The molecule has 19 heavy (non-hydrogen) atoms. The van der Waals surface area contributed by atoms with Gasteiger partial charge >= 0.3 is 5.97 Å². The zero-order valence-corrected chi connectivity index (χ0v) is 14.7. The second kappa shape index (κ2) is 10.8. The Morgan fingerprint density at radius 2 is 1.47 bits per heavy atom. The van der Waals surface area contributed by atoms with Gasteiger partial charge in [-0.2, -0.15) is 4.89 Å². The molecular weight excluding hydrogens is 280 g/mol. The number of rotatable bonds is 9. The van der Waals surface area contributed by atoms with Crippen molar-refractivity contribution in [3.8, 4) is 0 Å². The van der Waals surface area contributed by atoms with E-state index in [4.69, 9.17) is 14.5 Å². The summed E-state index contributed by atoms with van der Waals surface area (Å²) in [4.78, 5) is 21.9. The first kappa shape index (κ1) is 21.4. The number of carbonyl (C=O) groups excluding carboxylic acids is 1. The first-order valence-electron chi connectivity index (χ1n) is 6.85. The van der Waals surface area contributed by atoms with Gasteiger partial charge in [-0.25, -0.2) is 4.79 Å². The summed E-state index contributed by atoms with van der Waals surface area (Å²) in [5.74, 6) is 0.285. The molecule has 0 rings (SSSR count). The molecule has 4 nitrogen and oxygen atoms in total. The van der Waals surface area contributed by atoms with E-state index in [1.54, 1.807) is 0 Å². The molecule has 0 saturated carbocycles. The Labute approximate surface area is 132 Å². The average Bonchev–Trinajstić information content (AvgIpc) is 2.30. The normalized spacial score (nSPS) is 11.6. The van der Waals surface area contributed by atoms with E-state index >= 15 is 0 Å². The van der Waals surface area contributed by atoms with Gasteiger partial charge in [0.1, 0.15) is 0 Å². The maximum absolute atomic E-state index is 12.0. The molecule has 112 valence electrons. The van der Waals surface area contributed by atoms with E-state index in [1.807, 2.05) is 27.7 Å². The fourth-order valence-corrected chi connectivity index (χ4v) is 1.43. The van der Waals surface area contributed by atoms with Crippen molar-refractivity contribution >= 4 is 5.97 Å². The van der Waals surface area contributed by atoms with Crippen LogP contribution in [0.4, 0.5) is 0 Å². The Hall–Kier alpha value is 0.104. The third kappa shape index (κ3) is 8.08. The minimum atomic E-state index is -0.874. The maximum Gasteiger partial charge on any atom is 0.373 e. The van der Waals surface area contributed by atoms with Crippen LogP contribution < -0.4 is 0 Å². The van der Waals surface area contributed by atoms with Gasteiger partial charge in [0, 0.05) is 21.7 Å². The molecule has 0 aliphatic rings. The second-order valence-electron chi connectivity index (χ2n) is 5.46. The molecule has 0 aromatic carbocycles. The molecule has 0 radical (unpaired) electrons. The molecule has 0 amide bonds. The van der Waals surface area contributed by atoms with E-state index < -0.39 is 11.6 Å². The SMILES string of the molecule is CCC(CC)(OCC(C)C)C(=O)OOCC(C)C.[Ti]. The fourth-order valence-electron chi connectivity index (χ4n) is 1.43. The van der Waals surface area contributed by atoms with Crippen molar-refractivity contribution in [1.82, 2.24) is 0 Å². The van der Waals surface area contributed by atoms with E-state index in [0.29, 0.717) is 37.9 Å². The van der Waals surface area contributed by atoms with Gasteiger partial charge < -0.3 is 4.74 Å². The number of carbonyl (C=O) groups is 1. The van der Waals surface area contributed by atoms with Gasteiger partial charge in [-0.1, -0.05) is 41.5 Å². The van der Waals surface area contributed by atoms with Gasteiger partial charge in [-0.05, 0) is 24.7 Å². The molecule has 0 spiro atoms. The van der Waals surface area contributed by atoms with Crippen LogP contribution in [-0.4, -0.2) is 24.8 Å². The monoisotopic (exact) mass is 308 g/mol. The smallest absolute Gasteiger partial charge is 0.363 e. The van der Waals surface area contributed by atoms with E-state index in [2.05, 4.69) is 13.8 Å². The molecule has 0 N–H and O–H groups in total. The third-order valence-corrected chi connectivity index (χ3v) is 2.74. The molecule has 5 heteroatoms. The van der Waals surface area contributed by atoms with Gasteiger partial charge in [0.15, 0.2) is 5.60 Å². The van der Waals surface area contributed by atoms with Crippen LogP contribution in [0.25, 0.3) is 0 Å². The first-order valence-corrected chi connectivity index (χ1v) is 6.85. The fraction of sp³-hybridized carbons (Fsp3) is 0.929. The largest absolute Gasteiger partial charge is 0.373 e. The van der Waals surface area contributed by atoms with Crippen LogP contribution in [0.5, 0.6) is 0 Å². The summed E-state index contributed by atoms with van der Waals surface area (Å²) in [6.45, 7) is 12.9. The molecule has 0 atom stereocenters. The van der Waals surface area contributed by atoms with Crippen molar-refractivity contribution in [2.45, 2.75) is 60.0 Å². The van der Waals surface area contributed by atoms with E-state index in [1.165, 1.54) is 0 Å². The van der Waals surface area contributed by atoms with Gasteiger partial charge in [0.25, 0.3) is 0 Å². The van der Waals surface area contributed by atoms with Crippen molar-refractivity contribution in [2.75, 3.05) is 13.2 Å². The maximum atomic E-state index is 12.0. The van der Waals surface area contributed by atoms with Crippen molar-refractivity contribution in [3.63, 3.8) is 0 Å². The van der Waals surface area contributed by atoms with Gasteiger partial charge in [-0.3, -0.25) is 4.89 Å². The zero-order valence-electron chi connectivity index (χ0n) is 13.1. The summed E-state index contributed by atoms with van der Waals surface area (Å²) < 4.78 is 5.75. The number of hydrogen-bond acceptors (Lipinski definition) is 4. The van der Waals surface area contributed by atoms with Crippen LogP contribution in [0, 0.1) is 11.8 Å². The summed E-state index contributed by atoms with van der Waals surface area (Å²) in [5.41, 5.74) is -0.874. The van der Waals surface area contributed by atoms with E-state index in [-0.39, 0.29) is 21.7 Å². The van der Waals surface area contributed by atoms with Crippen molar-refractivity contribution in [1.29, 1.82) is 0 Å². The second-order valence-corrected chi connectivity index (χ2v) is 5.46. The molecule has 0 saturated heterocycles. The average molecular weight is 308 g/mol. The topological polar surface area (TPSA) is 44.8 Å². The van der Waals surface area contributed by atoms with E-state index in [9.17, 15) is 4.79 Å². The van der Waals surface area contributed by atoms with Crippen LogP contribution in [0.15, 0.2) is 0 Å². The molecule has 0 aromatic rings. The first-order chi connectivity index (χ1) is 8.38. The van der Waals surface area contributed by atoms with Crippen LogP contribution in [0.1, 0.15) is 54.4 Å². The Bertz CT molecular complexity index is 238. The van der Waals surface area contributed by atoms with Crippen LogP contribution in [0.2, 0.25) is 0 Å². The summed E-state index contributed by atoms with van der Waals surface area (Å²) in [5, 5.41) is 0. The minimum absolute atomic E-state index is 0. The quantitative estimate of drug-likeness (QED) is 0.372. The van der Waals surface area contributed by atoms with Crippen molar-refractivity contribution < 1.29 is 41.0 Å². The number of ether oxygens (including phenoxy) is 1. The molecule has 0 unspecified atom stereocenters. The molecule has 0 bridgehead atoms. The summed E-state index contributed by atoms with van der Waals surface area (Å²) in [6.07, 6.45) is 1.17. The van der Waals surface area contributed by atoms with Gasteiger partial charge in [-0.15, -0.1) is 0 Å². The Balaban J connectivity index is 0. The standard InChI is InChI=1S/C14H28O4.Ti/c1-7-14(8-2,16-9-11(3)4)13(15)18-17-10-12(5)6;/h11-12H,7-10H2,1-6H3;. The van der Waals surface area contributed by atoms with Crippen LogP contribution in [0.3, 0.4) is 0 Å². The third-order valence-electron chi connectivity index (χ3n) is 2.74. The van der Waals surface area contributed by atoms with E-state index in [0.717, 1.165) is 0 Å². The predicted molar refractivity (Wildman–Crippen MR) is 71.0 cm³/mol. The Morgan fingerprint density at radius 3 is 1.84 bits per heavy atom. The van der Waals surface area contributed by atoms with Gasteiger partial charge in [0.05, 0.1) is 13.2 Å².